The number of aryl methyl sites for hydroxylation is 1. The molecule has 2 rings (SSSR count). The summed E-state index contributed by atoms with van der Waals surface area (Å²) < 4.78 is 5.70. The van der Waals surface area contributed by atoms with Crippen molar-refractivity contribution in [1.82, 2.24) is 4.90 Å². The fraction of sp³-hybridized carbons (Fsp3) is 0.600. The molecule has 1 aliphatic rings. The van der Waals surface area contributed by atoms with Crippen molar-refractivity contribution in [2.24, 2.45) is 5.73 Å². The van der Waals surface area contributed by atoms with Crippen molar-refractivity contribution in [3.63, 3.8) is 0 Å². The van der Waals surface area contributed by atoms with Crippen LogP contribution in [-0.4, -0.2) is 36.7 Å². The quantitative estimate of drug-likeness (QED) is 0.890. The van der Waals surface area contributed by atoms with Gasteiger partial charge >= 0.3 is 0 Å². The van der Waals surface area contributed by atoms with Gasteiger partial charge in [-0.1, -0.05) is 24.3 Å². The average molecular weight is 248 g/mol. The maximum Gasteiger partial charge on any atom is 0.0675 e. The first-order valence-corrected chi connectivity index (χ1v) is 6.76. The third kappa shape index (κ3) is 2.74. The molecule has 100 valence electrons. The molecule has 0 amide bonds. The molecule has 0 bridgehead atoms. The van der Waals surface area contributed by atoms with Crippen LogP contribution in [0, 0.1) is 6.92 Å². The van der Waals surface area contributed by atoms with Crippen molar-refractivity contribution in [3.05, 3.63) is 35.4 Å². The van der Waals surface area contributed by atoms with E-state index >= 15 is 0 Å². The highest BCUT2D eigenvalue weighted by Crippen LogP contribution is 2.27. The van der Waals surface area contributed by atoms with Crippen LogP contribution in [-0.2, 0) is 4.74 Å². The number of nitrogens with zero attached hydrogens (tertiary/aromatic N) is 1. The van der Waals surface area contributed by atoms with Gasteiger partial charge in [-0.3, -0.25) is 4.90 Å². The number of nitrogens with two attached hydrogens (primary N) is 1. The van der Waals surface area contributed by atoms with Crippen LogP contribution in [0.25, 0.3) is 0 Å². The van der Waals surface area contributed by atoms with E-state index in [9.17, 15) is 0 Å². The second kappa shape index (κ2) is 5.83. The minimum Gasteiger partial charge on any atom is -0.376 e. The molecule has 1 aromatic carbocycles. The van der Waals surface area contributed by atoms with Crippen molar-refractivity contribution in [2.75, 3.05) is 19.7 Å². The number of benzene rings is 1. The van der Waals surface area contributed by atoms with E-state index in [1.54, 1.807) is 0 Å². The van der Waals surface area contributed by atoms with Gasteiger partial charge in [-0.2, -0.15) is 0 Å². The van der Waals surface area contributed by atoms with Gasteiger partial charge in [0.25, 0.3) is 0 Å². The molecule has 18 heavy (non-hydrogen) atoms. The molecule has 0 saturated carbocycles. The number of ether oxygens (including phenoxy) is 1. The van der Waals surface area contributed by atoms with E-state index in [0.29, 0.717) is 24.7 Å². The van der Waals surface area contributed by atoms with E-state index < -0.39 is 0 Å². The highest BCUT2D eigenvalue weighted by molar-refractivity contribution is 5.29. The molecule has 0 spiro atoms. The summed E-state index contributed by atoms with van der Waals surface area (Å²) in [6, 6.07) is 9.26. The molecule has 3 unspecified atom stereocenters. The molecule has 1 fully saturated rings. The predicted molar refractivity (Wildman–Crippen MR) is 74.6 cm³/mol. The largest absolute Gasteiger partial charge is 0.376 e. The summed E-state index contributed by atoms with van der Waals surface area (Å²) in [5.74, 6) is 0. The van der Waals surface area contributed by atoms with Crippen molar-refractivity contribution in [1.29, 1.82) is 0 Å². The van der Waals surface area contributed by atoms with Crippen LogP contribution in [0.1, 0.15) is 31.0 Å². The summed E-state index contributed by atoms with van der Waals surface area (Å²) in [5, 5.41) is 0. The zero-order chi connectivity index (χ0) is 13.1. The van der Waals surface area contributed by atoms with Gasteiger partial charge in [0.15, 0.2) is 0 Å². The Morgan fingerprint density at radius 1 is 1.39 bits per heavy atom. The molecule has 0 aromatic heterocycles. The smallest absolute Gasteiger partial charge is 0.0675 e. The van der Waals surface area contributed by atoms with Crippen LogP contribution in [0.5, 0.6) is 0 Å². The van der Waals surface area contributed by atoms with Gasteiger partial charge in [0, 0.05) is 25.2 Å². The van der Waals surface area contributed by atoms with E-state index in [1.165, 1.54) is 11.1 Å². The predicted octanol–water partition coefficient (Wildman–Crippen LogP) is 2.10. The Hall–Kier alpha value is -0.900. The zero-order valence-electron chi connectivity index (χ0n) is 11.6. The van der Waals surface area contributed by atoms with Crippen LogP contribution in [0.3, 0.4) is 0 Å². The summed E-state index contributed by atoms with van der Waals surface area (Å²) in [6.07, 6.45) is 0.291. The van der Waals surface area contributed by atoms with Crippen molar-refractivity contribution in [3.8, 4) is 0 Å². The zero-order valence-corrected chi connectivity index (χ0v) is 11.6. The Labute approximate surface area is 110 Å². The van der Waals surface area contributed by atoms with E-state index in [-0.39, 0.29) is 0 Å². The lowest BCUT2D eigenvalue weighted by Gasteiger charge is -2.42. The Kier molecular flexibility index (Phi) is 4.38. The lowest BCUT2D eigenvalue weighted by atomic mass is 9.98. The summed E-state index contributed by atoms with van der Waals surface area (Å²) in [7, 11) is 0. The Balaban J connectivity index is 2.25. The summed E-state index contributed by atoms with van der Waals surface area (Å²) in [5.41, 5.74) is 8.70. The van der Waals surface area contributed by atoms with Crippen LogP contribution in [0.15, 0.2) is 24.3 Å². The van der Waals surface area contributed by atoms with Gasteiger partial charge in [0.1, 0.15) is 0 Å². The molecular formula is C15H24N2O. The minimum atomic E-state index is 0.291. The second-order valence-corrected chi connectivity index (χ2v) is 5.30. The molecule has 1 saturated heterocycles. The Morgan fingerprint density at radius 3 is 2.78 bits per heavy atom. The molecule has 1 heterocycles. The van der Waals surface area contributed by atoms with Crippen molar-refractivity contribution >= 4 is 0 Å². The first-order valence-electron chi connectivity index (χ1n) is 6.76. The second-order valence-electron chi connectivity index (χ2n) is 5.30. The highest BCUT2D eigenvalue weighted by Gasteiger charge is 2.30. The Bertz CT molecular complexity index is 394. The summed E-state index contributed by atoms with van der Waals surface area (Å²) in [6.45, 7) is 8.91. The molecular weight excluding hydrogens is 224 g/mol. The van der Waals surface area contributed by atoms with Crippen LogP contribution >= 0.6 is 0 Å². The molecule has 1 aliphatic heterocycles. The third-order valence-electron chi connectivity index (χ3n) is 3.83. The maximum atomic E-state index is 6.03. The number of hydrogen-bond acceptors (Lipinski definition) is 3. The first kappa shape index (κ1) is 13.5. The monoisotopic (exact) mass is 248 g/mol. The molecule has 2 N–H and O–H groups in total. The third-order valence-corrected chi connectivity index (χ3v) is 3.83. The number of rotatable bonds is 3. The van der Waals surface area contributed by atoms with Gasteiger partial charge in [-0.25, -0.2) is 0 Å². The molecule has 3 atom stereocenters. The van der Waals surface area contributed by atoms with Gasteiger partial charge in [-0.15, -0.1) is 0 Å². The van der Waals surface area contributed by atoms with E-state index in [2.05, 4.69) is 49.9 Å². The summed E-state index contributed by atoms with van der Waals surface area (Å²) >= 11 is 0. The fourth-order valence-corrected chi connectivity index (χ4v) is 2.76. The normalized spacial score (nSPS) is 27.1. The van der Waals surface area contributed by atoms with Gasteiger partial charge in [0.05, 0.1) is 12.7 Å². The molecule has 3 nitrogen and oxygen atoms in total. The standard InChI is InChI=1S/C15H24N2O/c1-11-6-4-5-7-14(11)15(8-16)17-9-13(3)18-10-12(17)2/h4-7,12-13,15H,8-10,16H2,1-3H3. The lowest BCUT2D eigenvalue weighted by Crippen LogP contribution is -2.50. The summed E-state index contributed by atoms with van der Waals surface area (Å²) in [4.78, 5) is 2.48. The number of morpholine rings is 1. The molecule has 1 aromatic rings. The van der Waals surface area contributed by atoms with Crippen molar-refractivity contribution in [2.45, 2.75) is 39.0 Å². The number of hydrogen-bond donors (Lipinski definition) is 1. The fourth-order valence-electron chi connectivity index (χ4n) is 2.76. The SMILES string of the molecule is Cc1ccccc1C(CN)N1CC(C)OCC1C. The van der Waals surface area contributed by atoms with Gasteiger partial charge in [0.2, 0.25) is 0 Å². The van der Waals surface area contributed by atoms with E-state index in [0.717, 1.165) is 13.2 Å². The topological polar surface area (TPSA) is 38.5 Å². The molecule has 0 radical (unpaired) electrons. The average Bonchev–Trinajstić information content (AvgIpc) is 2.36. The van der Waals surface area contributed by atoms with E-state index in [4.69, 9.17) is 10.5 Å². The molecule has 3 heteroatoms. The highest BCUT2D eigenvalue weighted by atomic mass is 16.5. The van der Waals surface area contributed by atoms with Crippen LogP contribution in [0.4, 0.5) is 0 Å². The van der Waals surface area contributed by atoms with Gasteiger partial charge < -0.3 is 10.5 Å². The van der Waals surface area contributed by atoms with E-state index in [1.807, 2.05) is 0 Å². The first-order chi connectivity index (χ1) is 8.63. The maximum absolute atomic E-state index is 6.03. The lowest BCUT2D eigenvalue weighted by molar-refractivity contribution is -0.0654. The van der Waals surface area contributed by atoms with Crippen LogP contribution in [0.2, 0.25) is 0 Å². The molecule has 0 aliphatic carbocycles. The minimum absolute atomic E-state index is 0.291. The Morgan fingerprint density at radius 2 is 2.11 bits per heavy atom. The van der Waals surface area contributed by atoms with Gasteiger partial charge in [-0.05, 0) is 31.9 Å². The van der Waals surface area contributed by atoms with Crippen LogP contribution < -0.4 is 5.73 Å². The van der Waals surface area contributed by atoms with Crippen molar-refractivity contribution < 1.29 is 4.74 Å².